The standard InChI is InChI=1S/C13H21NO2/c1-14-12-9-7-11(8-10-12)5-3-2-4-6-13(15)16/h11-12H,2-10H2,(H,15,16). The van der Waals surface area contributed by atoms with E-state index in [2.05, 4.69) is 4.85 Å². The van der Waals surface area contributed by atoms with Crippen LogP contribution in [0.1, 0.15) is 57.8 Å². The van der Waals surface area contributed by atoms with Crippen molar-refractivity contribution in [2.24, 2.45) is 5.92 Å². The molecule has 0 bridgehead atoms. The lowest BCUT2D eigenvalue weighted by Gasteiger charge is -2.22. The smallest absolute Gasteiger partial charge is 0.303 e. The molecule has 0 amide bonds. The molecular weight excluding hydrogens is 202 g/mol. The second kappa shape index (κ2) is 7.27. The molecule has 1 aliphatic carbocycles. The zero-order valence-electron chi connectivity index (χ0n) is 9.82. The van der Waals surface area contributed by atoms with Crippen molar-refractivity contribution in [1.82, 2.24) is 0 Å². The van der Waals surface area contributed by atoms with Crippen molar-refractivity contribution in [2.75, 3.05) is 0 Å². The zero-order valence-corrected chi connectivity index (χ0v) is 9.82. The van der Waals surface area contributed by atoms with Crippen molar-refractivity contribution < 1.29 is 9.90 Å². The van der Waals surface area contributed by atoms with Crippen LogP contribution in [0.2, 0.25) is 0 Å². The average molecular weight is 223 g/mol. The lowest BCUT2D eigenvalue weighted by atomic mass is 9.83. The molecule has 0 spiro atoms. The molecule has 90 valence electrons. The van der Waals surface area contributed by atoms with Gasteiger partial charge in [-0.2, -0.15) is 0 Å². The van der Waals surface area contributed by atoms with Gasteiger partial charge in [-0.25, -0.2) is 6.57 Å². The van der Waals surface area contributed by atoms with Crippen LogP contribution in [0.5, 0.6) is 0 Å². The first kappa shape index (κ1) is 13.0. The van der Waals surface area contributed by atoms with Crippen LogP contribution in [0, 0.1) is 12.5 Å². The van der Waals surface area contributed by atoms with Crippen LogP contribution in [0.4, 0.5) is 0 Å². The number of nitrogens with zero attached hydrogens (tertiary/aromatic N) is 1. The Labute approximate surface area is 97.7 Å². The lowest BCUT2D eigenvalue weighted by molar-refractivity contribution is -0.137. The van der Waals surface area contributed by atoms with Gasteiger partial charge in [0.15, 0.2) is 0 Å². The molecule has 1 aliphatic rings. The van der Waals surface area contributed by atoms with Gasteiger partial charge in [0.05, 0.1) is 0 Å². The zero-order chi connectivity index (χ0) is 11.8. The van der Waals surface area contributed by atoms with E-state index in [1.165, 1.54) is 19.3 Å². The summed E-state index contributed by atoms with van der Waals surface area (Å²) >= 11 is 0. The molecule has 0 aliphatic heterocycles. The topological polar surface area (TPSA) is 41.7 Å². The van der Waals surface area contributed by atoms with Crippen molar-refractivity contribution in [1.29, 1.82) is 0 Å². The van der Waals surface area contributed by atoms with Gasteiger partial charge < -0.3 is 9.95 Å². The van der Waals surface area contributed by atoms with Gasteiger partial charge in [0.1, 0.15) is 0 Å². The maximum atomic E-state index is 10.3. The summed E-state index contributed by atoms with van der Waals surface area (Å²) in [6.45, 7) is 6.97. The highest BCUT2D eigenvalue weighted by atomic mass is 16.4. The number of hydrogen-bond acceptors (Lipinski definition) is 1. The van der Waals surface area contributed by atoms with Gasteiger partial charge in [0, 0.05) is 19.3 Å². The van der Waals surface area contributed by atoms with E-state index in [4.69, 9.17) is 11.7 Å². The third-order valence-electron chi connectivity index (χ3n) is 3.50. The summed E-state index contributed by atoms with van der Waals surface area (Å²) in [5.41, 5.74) is 0. The van der Waals surface area contributed by atoms with E-state index in [0.717, 1.165) is 38.0 Å². The molecule has 0 aromatic carbocycles. The van der Waals surface area contributed by atoms with Gasteiger partial charge in [-0.15, -0.1) is 0 Å². The molecule has 3 nitrogen and oxygen atoms in total. The number of carboxylic acid groups (broad SMARTS) is 1. The third kappa shape index (κ3) is 5.16. The summed E-state index contributed by atoms with van der Waals surface area (Å²) in [5.74, 6) is 0.111. The molecule has 3 heteroatoms. The number of rotatable bonds is 6. The molecular formula is C13H21NO2. The van der Waals surface area contributed by atoms with Crippen molar-refractivity contribution in [3.05, 3.63) is 11.4 Å². The summed E-state index contributed by atoms with van der Waals surface area (Å²) in [6.07, 6.45) is 9.09. The van der Waals surface area contributed by atoms with E-state index in [1.807, 2.05) is 0 Å². The highest BCUT2D eigenvalue weighted by molar-refractivity contribution is 5.66. The molecule has 0 unspecified atom stereocenters. The van der Waals surface area contributed by atoms with E-state index < -0.39 is 5.97 Å². The van der Waals surface area contributed by atoms with Crippen molar-refractivity contribution in [3.63, 3.8) is 0 Å². The summed E-state index contributed by atoms with van der Waals surface area (Å²) < 4.78 is 0. The fraction of sp³-hybridized carbons (Fsp3) is 0.846. The molecule has 0 aromatic rings. The highest BCUT2D eigenvalue weighted by Crippen LogP contribution is 2.29. The predicted octanol–water partition coefficient (Wildman–Crippen LogP) is 3.50. The van der Waals surface area contributed by atoms with E-state index in [-0.39, 0.29) is 6.04 Å². The summed E-state index contributed by atoms with van der Waals surface area (Å²) in [7, 11) is 0. The maximum Gasteiger partial charge on any atom is 0.303 e. The molecule has 0 saturated heterocycles. The van der Waals surface area contributed by atoms with Gasteiger partial charge in [-0.3, -0.25) is 4.79 Å². The first-order chi connectivity index (χ1) is 7.72. The first-order valence-electron chi connectivity index (χ1n) is 6.30. The number of hydrogen-bond donors (Lipinski definition) is 1. The van der Waals surface area contributed by atoms with Crippen molar-refractivity contribution in [2.45, 2.75) is 63.8 Å². The van der Waals surface area contributed by atoms with Crippen LogP contribution < -0.4 is 0 Å². The fourth-order valence-electron chi connectivity index (χ4n) is 2.45. The number of aliphatic carboxylic acids is 1. The summed E-state index contributed by atoms with van der Waals surface area (Å²) in [6, 6.07) is 0.281. The van der Waals surface area contributed by atoms with Gasteiger partial charge >= 0.3 is 5.97 Å². The van der Waals surface area contributed by atoms with Crippen LogP contribution in [0.3, 0.4) is 0 Å². The number of unbranched alkanes of at least 4 members (excludes halogenated alkanes) is 2. The monoisotopic (exact) mass is 223 g/mol. The van der Waals surface area contributed by atoms with Crippen LogP contribution in [0.15, 0.2) is 0 Å². The molecule has 0 radical (unpaired) electrons. The van der Waals surface area contributed by atoms with Crippen molar-refractivity contribution in [3.8, 4) is 0 Å². The minimum atomic E-state index is -0.683. The maximum absolute atomic E-state index is 10.3. The molecule has 0 heterocycles. The predicted molar refractivity (Wildman–Crippen MR) is 63.1 cm³/mol. The van der Waals surface area contributed by atoms with Crippen LogP contribution in [-0.2, 0) is 4.79 Å². The van der Waals surface area contributed by atoms with Crippen LogP contribution in [-0.4, -0.2) is 17.1 Å². The fourth-order valence-corrected chi connectivity index (χ4v) is 2.45. The SMILES string of the molecule is [C-]#[N+]C1CCC(CCCCCC(=O)O)CC1. The molecule has 1 N–H and O–H groups in total. The van der Waals surface area contributed by atoms with E-state index in [1.54, 1.807) is 0 Å². The Morgan fingerprint density at radius 2 is 1.88 bits per heavy atom. The Kier molecular flexibility index (Phi) is 5.92. The molecule has 0 aromatic heterocycles. The number of carboxylic acids is 1. The van der Waals surface area contributed by atoms with Crippen molar-refractivity contribution >= 4 is 5.97 Å². The minimum absolute atomic E-state index is 0.281. The lowest BCUT2D eigenvalue weighted by Crippen LogP contribution is -2.15. The van der Waals surface area contributed by atoms with Gasteiger partial charge in [-0.05, 0) is 25.2 Å². The van der Waals surface area contributed by atoms with Crippen LogP contribution in [0.25, 0.3) is 4.85 Å². The summed E-state index contributed by atoms with van der Waals surface area (Å²) in [5, 5.41) is 8.49. The second-order valence-electron chi connectivity index (χ2n) is 4.80. The second-order valence-corrected chi connectivity index (χ2v) is 4.80. The first-order valence-corrected chi connectivity index (χ1v) is 6.30. The molecule has 16 heavy (non-hydrogen) atoms. The molecule has 0 atom stereocenters. The molecule has 1 fully saturated rings. The van der Waals surface area contributed by atoms with E-state index >= 15 is 0 Å². The van der Waals surface area contributed by atoms with Gasteiger partial charge in [-0.1, -0.05) is 19.3 Å². The quantitative estimate of drug-likeness (QED) is 0.553. The van der Waals surface area contributed by atoms with Crippen LogP contribution >= 0.6 is 0 Å². The minimum Gasteiger partial charge on any atom is -0.481 e. The van der Waals surface area contributed by atoms with Gasteiger partial charge in [0.25, 0.3) is 0 Å². The Morgan fingerprint density at radius 3 is 2.44 bits per heavy atom. The molecule has 1 saturated carbocycles. The Hall–Kier alpha value is -1.04. The highest BCUT2D eigenvalue weighted by Gasteiger charge is 2.23. The number of carbonyl (C=O) groups is 1. The Bertz CT molecular complexity index is 249. The average Bonchev–Trinajstić information content (AvgIpc) is 2.29. The Morgan fingerprint density at radius 1 is 1.19 bits per heavy atom. The molecule has 1 rings (SSSR count). The normalized spacial score (nSPS) is 24.9. The Balaban J connectivity index is 1.98. The third-order valence-corrected chi connectivity index (χ3v) is 3.50. The van der Waals surface area contributed by atoms with E-state index in [9.17, 15) is 4.79 Å². The van der Waals surface area contributed by atoms with E-state index in [0.29, 0.717) is 6.42 Å². The summed E-state index contributed by atoms with van der Waals surface area (Å²) in [4.78, 5) is 13.9. The largest absolute Gasteiger partial charge is 0.481 e. The van der Waals surface area contributed by atoms with Gasteiger partial charge in [0.2, 0.25) is 6.04 Å².